The zero-order valence-electron chi connectivity index (χ0n) is 18.7. The number of benzene rings is 2. The van der Waals surface area contributed by atoms with Gasteiger partial charge < -0.3 is 14.2 Å². The summed E-state index contributed by atoms with van der Waals surface area (Å²) in [6.07, 6.45) is 8.13. The Morgan fingerprint density at radius 2 is 1.67 bits per heavy atom. The van der Waals surface area contributed by atoms with Gasteiger partial charge in [-0.05, 0) is 53.8 Å². The Morgan fingerprint density at radius 1 is 0.933 bits per heavy atom. The number of hydrogen-bond donors (Lipinski definition) is 0. The first-order valence-corrected chi connectivity index (χ1v) is 11.3. The van der Waals surface area contributed by atoms with E-state index in [1.807, 2.05) is 0 Å². The second-order valence-corrected chi connectivity index (χ2v) is 8.85. The fourth-order valence-corrected chi connectivity index (χ4v) is 5.10. The monoisotopic (exact) mass is 409 g/mol. The van der Waals surface area contributed by atoms with Crippen LogP contribution in [0.25, 0.3) is 11.1 Å². The number of fused-ring (bicyclic) bond motifs is 3. The zero-order chi connectivity index (χ0) is 20.9. The number of rotatable bonds is 4. The van der Waals surface area contributed by atoms with E-state index < -0.39 is 0 Å². The largest absolute Gasteiger partial charge is 0.493 e. The van der Waals surface area contributed by atoms with Crippen LogP contribution in [0.1, 0.15) is 49.7 Å². The molecule has 1 saturated carbocycles. The van der Waals surface area contributed by atoms with Crippen LogP contribution in [-0.2, 0) is 17.9 Å². The maximum absolute atomic E-state index is 6.28. The maximum atomic E-state index is 6.28. The summed E-state index contributed by atoms with van der Waals surface area (Å²) in [4.78, 5) is 2.48. The minimum atomic E-state index is 0.430. The molecule has 4 heteroatoms. The molecule has 0 N–H and O–H groups in total. The van der Waals surface area contributed by atoms with E-state index in [1.54, 1.807) is 14.2 Å². The van der Waals surface area contributed by atoms with Gasteiger partial charge in [0.2, 0.25) is 0 Å². The van der Waals surface area contributed by atoms with Gasteiger partial charge in [0.1, 0.15) is 0 Å². The molecule has 1 heterocycles. The molecule has 2 aromatic rings. The van der Waals surface area contributed by atoms with Gasteiger partial charge in [-0.25, -0.2) is 0 Å². The Kier molecular flexibility index (Phi) is 6.96. The van der Waals surface area contributed by atoms with Crippen LogP contribution < -0.4 is 9.47 Å². The van der Waals surface area contributed by atoms with E-state index in [-0.39, 0.29) is 0 Å². The summed E-state index contributed by atoms with van der Waals surface area (Å²) < 4.78 is 17.5. The van der Waals surface area contributed by atoms with Gasteiger partial charge in [-0.2, -0.15) is 0 Å². The van der Waals surface area contributed by atoms with Crippen molar-refractivity contribution in [3.63, 3.8) is 0 Å². The molecule has 1 aliphatic carbocycles. The number of likely N-dealkylation sites (N-methyl/N-ethyl adjacent to an activating group) is 1. The van der Waals surface area contributed by atoms with Crippen LogP contribution in [0, 0.1) is 5.92 Å². The minimum Gasteiger partial charge on any atom is -0.493 e. The van der Waals surface area contributed by atoms with Crippen molar-refractivity contribution in [1.82, 2.24) is 4.90 Å². The van der Waals surface area contributed by atoms with Gasteiger partial charge in [-0.1, -0.05) is 56.4 Å². The van der Waals surface area contributed by atoms with Crippen LogP contribution in [0.3, 0.4) is 0 Å². The van der Waals surface area contributed by atoms with E-state index in [0.29, 0.717) is 12.6 Å². The van der Waals surface area contributed by atoms with Crippen molar-refractivity contribution >= 4 is 0 Å². The quantitative estimate of drug-likeness (QED) is 0.651. The molecule has 0 spiro atoms. The molecule has 2 aliphatic rings. The summed E-state index contributed by atoms with van der Waals surface area (Å²) in [5, 5.41) is 0. The van der Waals surface area contributed by atoms with Crippen molar-refractivity contribution in [2.75, 3.05) is 27.9 Å². The molecule has 4 nitrogen and oxygen atoms in total. The molecular formula is C26H35NO3. The Labute approximate surface area is 181 Å². The van der Waals surface area contributed by atoms with Gasteiger partial charge in [0, 0.05) is 12.6 Å². The molecule has 0 amide bonds. The summed E-state index contributed by atoms with van der Waals surface area (Å²) in [6.45, 7) is 2.29. The van der Waals surface area contributed by atoms with Crippen LogP contribution in [-0.4, -0.2) is 38.8 Å². The Hall–Kier alpha value is -2.04. The summed E-state index contributed by atoms with van der Waals surface area (Å²) in [7, 11) is 5.65. The molecule has 1 fully saturated rings. The van der Waals surface area contributed by atoms with Crippen LogP contribution in [0.2, 0.25) is 0 Å². The van der Waals surface area contributed by atoms with Gasteiger partial charge in [0.05, 0.1) is 27.4 Å². The van der Waals surface area contributed by atoms with Gasteiger partial charge >= 0.3 is 0 Å². The highest BCUT2D eigenvalue weighted by Gasteiger charge is 2.25. The van der Waals surface area contributed by atoms with Crippen LogP contribution in [0.4, 0.5) is 0 Å². The average Bonchev–Trinajstić information content (AvgIpc) is 2.78. The summed E-state index contributed by atoms with van der Waals surface area (Å²) in [5.41, 5.74) is 4.93. The second-order valence-electron chi connectivity index (χ2n) is 8.85. The second kappa shape index (κ2) is 9.84. The van der Waals surface area contributed by atoms with E-state index in [2.05, 4.69) is 48.3 Å². The van der Waals surface area contributed by atoms with Crippen molar-refractivity contribution in [1.29, 1.82) is 0 Å². The molecule has 0 saturated heterocycles. The first kappa shape index (κ1) is 21.2. The van der Waals surface area contributed by atoms with E-state index in [0.717, 1.165) is 30.6 Å². The Balaban J connectivity index is 1.70. The zero-order valence-corrected chi connectivity index (χ0v) is 18.7. The number of ether oxygens (including phenoxy) is 3. The minimum absolute atomic E-state index is 0.430. The highest BCUT2D eigenvalue weighted by Crippen LogP contribution is 2.39. The van der Waals surface area contributed by atoms with Gasteiger partial charge in [0.25, 0.3) is 0 Å². The van der Waals surface area contributed by atoms with Crippen molar-refractivity contribution in [3.05, 3.63) is 47.5 Å². The topological polar surface area (TPSA) is 30.9 Å². The molecule has 1 atom stereocenters. The summed E-state index contributed by atoms with van der Waals surface area (Å²) >= 11 is 0. The van der Waals surface area contributed by atoms with Crippen molar-refractivity contribution < 1.29 is 14.2 Å². The normalized spacial score (nSPS) is 20.8. The standard InChI is InChI=1S/C26H35NO3/c1-27-16-21-14-25(28-2)26(29-3)15-24(21)23-12-8-7-11-20(23)17-30-18-22(27)13-19-9-5-4-6-10-19/h7-8,11-12,14-15,19,22H,4-6,9-10,13,16-18H2,1-3H3/t22-/m0/s1. The number of nitrogens with zero attached hydrogens (tertiary/aromatic N) is 1. The third-order valence-electron chi connectivity index (χ3n) is 6.86. The van der Waals surface area contributed by atoms with Gasteiger partial charge in [-0.3, -0.25) is 4.90 Å². The highest BCUT2D eigenvalue weighted by molar-refractivity contribution is 5.74. The van der Waals surface area contributed by atoms with E-state index in [9.17, 15) is 0 Å². The predicted molar refractivity (Wildman–Crippen MR) is 121 cm³/mol. The first-order valence-electron chi connectivity index (χ1n) is 11.3. The van der Waals surface area contributed by atoms with Crippen LogP contribution >= 0.6 is 0 Å². The molecule has 0 aromatic heterocycles. The number of hydrogen-bond acceptors (Lipinski definition) is 4. The molecule has 0 bridgehead atoms. The predicted octanol–water partition coefficient (Wildman–Crippen LogP) is 5.67. The molecule has 2 aromatic carbocycles. The fourth-order valence-electron chi connectivity index (χ4n) is 5.10. The molecule has 1 aliphatic heterocycles. The van der Waals surface area contributed by atoms with E-state index in [1.165, 1.54) is 60.8 Å². The molecule has 162 valence electrons. The maximum Gasteiger partial charge on any atom is 0.161 e. The fraction of sp³-hybridized carbons (Fsp3) is 0.538. The lowest BCUT2D eigenvalue weighted by molar-refractivity contribution is 0.0437. The summed E-state index contributed by atoms with van der Waals surface area (Å²) in [5.74, 6) is 2.39. The Bertz CT molecular complexity index is 844. The molecule has 0 unspecified atom stereocenters. The Morgan fingerprint density at radius 3 is 2.43 bits per heavy atom. The smallest absolute Gasteiger partial charge is 0.161 e. The molecule has 0 radical (unpaired) electrons. The lowest BCUT2D eigenvalue weighted by Crippen LogP contribution is -2.37. The third kappa shape index (κ3) is 4.65. The SMILES string of the molecule is COc1cc2c(cc1OC)-c1ccccc1COC[C@H](CC1CCCCC1)N(C)C2. The third-order valence-corrected chi connectivity index (χ3v) is 6.86. The molecular weight excluding hydrogens is 374 g/mol. The van der Waals surface area contributed by atoms with E-state index in [4.69, 9.17) is 14.2 Å². The van der Waals surface area contributed by atoms with Crippen molar-refractivity contribution in [3.8, 4) is 22.6 Å². The van der Waals surface area contributed by atoms with Crippen LogP contribution in [0.5, 0.6) is 11.5 Å². The lowest BCUT2D eigenvalue weighted by Gasteiger charge is -2.34. The van der Waals surface area contributed by atoms with Gasteiger partial charge in [-0.15, -0.1) is 0 Å². The lowest BCUT2D eigenvalue weighted by atomic mass is 9.84. The van der Waals surface area contributed by atoms with Gasteiger partial charge in [0.15, 0.2) is 11.5 Å². The molecule has 4 rings (SSSR count). The molecule has 30 heavy (non-hydrogen) atoms. The van der Waals surface area contributed by atoms with E-state index >= 15 is 0 Å². The van der Waals surface area contributed by atoms with Crippen molar-refractivity contribution in [2.24, 2.45) is 5.92 Å². The highest BCUT2D eigenvalue weighted by atomic mass is 16.5. The van der Waals surface area contributed by atoms with Crippen LogP contribution in [0.15, 0.2) is 36.4 Å². The van der Waals surface area contributed by atoms with Crippen molar-refractivity contribution in [2.45, 2.75) is 57.7 Å². The number of methoxy groups -OCH3 is 2. The summed E-state index contributed by atoms with van der Waals surface area (Å²) in [6, 6.07) is 13.3. The average molecular weight is 410 g/mol. The first-order chi connectivity index (χ1) is 14.7.